The van der Waals surface area contributed by atoms with Crippen LogP contribution in [0.2, 0.25) is 0 Å². The van der Waals surface area contributed by atoms with Crippen molar-refractivity contribution in [3.05, 3.63) is 52.8 Å². The summed E-state index contributed by atoms with van der Waals surface area (Å²) in [6.45, 7) is 7.77. The lowest BCUT2D eigenvalue weighted by Crippen LogP contribution is -2.16. The molecule has 2 aromatic rings. The Kier molecular flexibility index (Phi) is 5.44. The Balaban J connectivity index is 2.11. The number of benzene rings is 1. The number of rotatable bonds is 6. The van der Waals surface area contributed by atoms with Crippen molar-refractivity contribution in [2.45, 2.75) is 33.7 Å². The lowest BCUT2D eigenvalue weighted by molar-refractivity contribution is 0.0475. The fourth-order valence-corrected chi connectivity index (χ4v) is 3.02. The minimum Gasteiger partial charge on any atom is -0.454 e. The summed E-state index contributed by atoms with van der Waals surface area (Å²) in [5.74, 6) is -0.698. The second kappa shape index (κ2) is 7.34. The number of nitrogens with one attached hydrogen (secondary N) is 1. The SMILES string of the molecule is CNc1ccccc1C(=O)OCC(=O)c1cc(C)n(C(C)C)c1C. The first-order valence-corrected chi connectivity index (χ1v) is 8.02. The van der Waals surface area contributed by atoms with Crippen molar-refractivity contribution in [1.82, 2.24) is 4.57 Å². The van der Waals surface area contributed by atoms with E-state index >= 15 is 0 Å². The third kappa shape index (κ3) is 3.50. The van der Waals surface area contributed by atoms with Crippen molar-refractivity contribution in [1.29, 1.82) is 0 Å². The number of carbonyl (C=O) groups excluding carboxylic acids is 2. The number of para-hydroxylation sites is 1. The van der Waals surface area contributed by atoms with Crippen molar-refractivity contribution in [3.8, 4) is 0 Å². The van der Waals surface area contributed by atoms with Gasteiger partial charge in [-0.15, -0.1) is 0 Å². The molecule has 0 spiro atoms. The number of Topliss-reactive ketones (excluding diaryl/α,β-unsaturated/α-hetero) is 1. The minimum atomic E-state index is -0.508. The Hall–Kier alpha value is -2.56. The highest BCUT2D eigenvalue weighted by Crippen LogP contribution is 2.21. The molecule has 0 saturated heterocycles. The Morgan fingerprint density at radius 3 is 2.42 bits per heavy atom. The smallest absolute Gasteiger partial charge is 0.340 e. The lowest BCUT2D eigenvalue weighted by atomic mass is 10.1. The maximum Gasteiger partial charge on any atom is 0.340 e. The number of ether oxygens (including phenoxy) is 1. The van der Waals surface area contributed by atoms with Crippen LogP contribution in [0.5, 0.6) is 0 Å². The second-order valence-corrected chi connectivity index (χ2v) is 6.04. The van der Waals surface area contributed by atoms with Crippen LogP contribution in [-0.4, -0.2) is 30.0 Å². The van der Waals surface area contributed by atoms with Crippen LogP contribution in [0.3, 0.4) is 0 Å². The molecule has 128 valence electrons. The summed E-state index contributed by atoms with van der Waals surface area (Å²) in [5.41, 5.74) is 3.63. The zero-order valence-corrected chi connectivity index (χ0v) is 14.8. The zero-order chi connectivity index (χ0) is 17.9. The zero-order valence-electron chi connectivity index (χ0n) is 14.8. The molecule has 24 heavy (non-hydrogen) atoms. The number of aromatic nitrogens is 1. The number of anilines is 1. The molecule has 1 N–H and O–H groups in total. The number of ketones is 1. The van der Waals surface area contributed by atoms with Crippen LogP contribution in [0.25, 0.3) is 0 Å². The van der Waals surface area contributed by atoms with Crippen LogP contribution in [0.1, 0.15) is 52.0 Å². The number of hydrogen-bond acceptors (Lipinski definition) is 4. The summed E-state index contributed by atoms with van der Waals surface area (Å²) in [5, 5.41) is 2.94. The standard InChI is InChI=1S/C19H24N2O3/c1-12(2)21-13(3)10-16(14(21)4)18(22)11-24-19(23)15-8-6-7-9-17(15)20-5/h6-10,12,20H,11H2,1-5H3. The normalized spacial score (nSPS) is 10.8. The van der Waals surface area contributed by atoms with E-state index in [1.807, 2.05) is 26.0 Å². The van der Waals surface area contributed by atoms with Gasteiger partial charge in [0.1, 0.15) is 0 Å². The van der Waals surface area contributed by atoms with Gasteiger partial charge in [0.25, 0.3) is 0 Å². The summed E-state index contributed by atoms with van der Waals surface area (Å²) in [6.07, 6.45) is 0. The first-order valence-electron chi connectivity index (χ1n) is 8.02. The molecule has 5 heteroatoms. The molecule has 0 amide bonds. The quantitative estimate of drug-likeness (QED) is 0.648. The van der Waals surface area contributed by atoms with Crippen LogP contribution in [-0.2, 0) is 4.74 Å². The molecule has 0 aliphatic carbocycles. The number of carbonyl (C=O) groups is 2. The number of esters is 1. The molecule has 0 atom stereocenters. The Bertz CT molecular complexity index is 760. The van der Waals surface area contributed by atoms with Crippen LogP contribution in [0.4, 0.5) is 5.69 Å². The largest absolute Gasteiger partial charge is 0.454 e. The van der Waals surface area contributed by atoms with Gasteiger partial charge in [-0.3, -0.25) is 4.79 Å². The predicted molar refractivity (Wildman–Crippen MR) is 94.9 cm³/mol. The van der Waals surface area contributed by atoms with Crippen LogP contribution in [0.15, 0.2) is 30.3 Å². The Morgan fingerprint density at radius 1 is 1.17 bits per heavy atom. The van der Waals surface area contributed by atoms with Gasteiger partial charge in [-0.05, 0) is 45.9 Å². The minimum absolute atomic E-state index is 0.190. The van der Waals surface area contributed by atoms with Gasteiger partial charge < -0.3 is 14.6 Å². The van der Waals surface area contributed by atoms with Gasteiger partial charge in [0.15, 0.2) is 6.61 Å². The number of hydrogen-bond donors (Lipinski definition) is 1. The molecular weight excluding hydrogens is 304 g/mol. The molecule has 2 rings (SSSR count). The third-order valence-electron chi connectivity index (χ3n) is 4.05. The van der Waals surface area contributed by atoms with E-state index in [0.717, 1.165) is 11.4 Å². The van der Waals surface area contributed by atoms with Crippen molar-refractivity contribution in [3.63, 3.8) is 0 Å². The first-order chi connectivity index (χ1) is 11.4. The summed E-state index contributed by atoms with van der Waals surface area (Å²) < 4.78 is 7.32. The van der Waals surface area contributed by atoms with Crippen LogP contribution in [0, 0.1) is 13.8 Å². The molecule has 5 nitrogen and oxygen atoms in total. The summed E-state index contributed by atoms with van der Waals surface area (Å²) >= 11 is 0. The molecule has 0 aliphatic heterocycles. The van der Waals surface area contributed by atoms with Crippen molar-refractivity contribution >= 4 is 17.4 Å². The van der Waals surface area contributed by atoms with E-state index in [9.17, 15) is 9.59 Å². The summed E-state index contributed by atoms with van der Waals surface area (Å²) in [7, 11) is 1.73. The molecule has 0 radical (unpaired) electrons. The van der Waals surface area contributed by atoms with E-state index in [0.29, 0.717) is 16.8 Å². The molecule has 0 aliphatic rings. The molecule has 1 heterocycles. The Labute approximate surface area is 142 Å². The highest BCUT2D eigenvalue weighted by atomic mass is 16.5. The van der Waals surface area contributed by atoms with E-state index < -0.39 is 5.97 Å². The maximum absolute atomic E-state index is 12.4. The Morgan fingerprint density at radius 2 is 1.83 bits per heavy atom. The average Bonchev–Trinajstić information content (AvgIpc) is 2.86. The molecule has 1 aromatic carbocycles. The van der Waals surface area contributed by atoms with Crippen LogP contribution >= 0.6 is 0 Å². The highest BCUT2D eigenvalue weighted by Gasteiger charge is 2.19. The average molecular weight is 328 g/mol. The van der Waals surface area contributed by atoms with E-state index in [-0.39, 0.29) is 18.4 Å². The van der Waals surface area contributed by atoms with Gasteiger partial charge in [-0.25, -0.2) is 4.79 Å². The van der Waals surface area contributed by atoms with Gasteiger partial charge in [-0.1, -0.05) is 12.1 Å². The van der Waals surface area contributed by atoms with E-state index in [1.54, 1.807) is 25.2 Å². The fraction of sp³-hybridized carbons (Fsp3) is 0.368. The van der Waals surface area contributed by atoms with Gasteiger partial charge in [0, 0.05) is 35.7 Å². The van der Waals surface area contributed by atoms with E-state index in [1.165, 1.54) is 0 Å². The monoisotopic (exact) mass is 328 g/mol. The van der Waals surface area contributed by atoms with Gasteiger partial charge in [0.2, 0.25) is 5.78 Å². The summed E-state index contributed by atoms with van der Waals surface area (Å²) in [4.78, 5) is 24.6. The maximum atomic E-state index is 12.4. The highest BCUT2D eigenvalue weighted by molar-refractivity contribution is 6.01. The lowest BCUT2D eigenvalue weighted by Gasteiger charge is -2.13. The number of aryl methyl sites for hydroxylation is 1. The second-order valence-electron chi connectivity index (χ2n) is 6.04. The first kappa shape index (κ1) is 17.8. The topological polar surface area (TPSA) is 60.3 Å². The third-order valence-corrected chi connectivity index (χ3v) is 4.05. The van der Waals surface area contributed by atoms with Gasteiger partial charge >= 0.3 is 5.97 Å². The summed E-state index contributed by atoms with van der Waals surface area (Å²) in [6, 6.07) is 9.17. The van der Waals surface area contributed by atoms with Crippen molar-refractivity contribution in [2.75, 3.05) is 19.0 Å². The molecule has 0 unspecified atom stereocenters. The molecule has 0 bridgehead atoms. The molecule has 0 saturated carbocycles. The van der Waals surface area contributed by atoms with E-state index in [4.69, 9.17) is 4.74 Å². The van der Waals surface area contributed by atoms with Gasteiger partial charge in [0.05, 0.1) is 5.56 Å². The predicted octanol–water partition coefficient (Wildman–Crippen LogP) is 3.77. The fourth-order valence-electron chi connectivity index (χ4n) is 3.02. The van der Waals surface area contributed by atoms with Crippen molar-refractivity contribution < 1.29 is 14.3 Å². The van der Waals surface area contributed by atoms with E-state index in [2.05, 4.69) is 23.7 Å². The number of nitrogens with zero attached hydrogens (tertiary/aromatic N) is 1. The van der Waals surface area contributed by atoms with Gasteiger partial charge in [-0.2, -0.15) is 0 Å². The van der Waals surface area contributed by atoms with Crippen molar-refractivity contribution in [2.24, 2.45) is 0 Å². The molecular formula is C19H24N2O3. The van der Waals surface area contributed by atoms with Crippen LogP contribution < -0.4 is 5.32 Å². The molecule has 0 fully saturated rings. The molecule has 1 aromatic heterocycles.